The highest BCUT2D eigenvalue weighted by Gasteiger charge is 2.19. The van der Waals surface area contributed by atoms with Gasteiger partial charge in [-0.3, -0.25) is 4.79 Å². The molecule has 0 saturated carbocycles. The summed E-state index contributed by atoms with van der Waals surface area (Å²) in [4.78, 5) is 26.5. The first kappa shape index (κ1) is 14.8. The number of hydrogen-bond donors (Lipinski definition) is 0. The number of esters is 2. The molecular weight excluding hydrogens is 274 g/mol. The summed E-state index contributed by atoms with van der Waals surface area (Å²) in [5, 5.41) is 0. The second-order valence-electron chi connectivity index (χ2n) is 4.28. The normalized spacial score (nSPS) is 15.7. The predicted molar refractivity (Wildman–Crippen MR) is 76.1 cm³/mol. The highest BCUT2D eigenvalue weighted by Crippen LogP contribution is 2.30. The molecule has 6 nitrogen and oxygen atoms in total. The second-order valence-corrected chi connectivity index (χ2v) is 4.28. The molecule has 0 unspecified atom stereocenters. The smallest absolute Gasteiger partial charge is 0.363 e. The van der Waals surface area contributed by atoms with E-state index >= 15 is 0 Å². The summed E-state index contributed by atoms with van der Waals surface area (Å²) in [5.41, 5.74) is 0.912. The molecule has 0 fully saturated rings. The van der Waals surface area contributed by atoms with Crippen LogP contribution in [0.1, 0.15) is 26.3 Å². The number of carbonyl (C=O) groups is 2. The Labute approximate surface area is 122 Å². The van der Waals surface area contributed by atoms with Gasteiger partial charge >= 0.3 is 11.9 Å². The van der Waals surface area contributed by atoms with Crippen molar-refractivity contribution in [3.8, 4) is 11.5 Å². The van der Waals surface area contributed by atoms with Crippen LogP contribution < -0.4 is 9.47 Å². The fourth-order valence-corrected chi connectivity index (χ4v) is 1.80. The van der Waals surface area contributed by atoms with Crippen molar-refractivity contribution in [2.24, 2.45) is 4.99 Å². The van der Waals surface area contributed by atoms with E-state index in [1.54, 1.807) is 31.2 Å². The van der Waals surface area contributed by atoms with E-state index in [1.807, 2.05) is 6.92 Å². The average Bonchev–Trinajstić information content (AvgIpc) is 2.71. The molecule has 2 rings (SSSR count). The highest BCUT2D eigenvalue weighted by molar-refractivity contribution is 6.06. The number of cyclic esters (lactones) is 1. The monoisotopic (exact) mass is 289 g/mol. The third-order valence-corrected chi connectivity index (χ3v) is 2.55. The van der Waals surface area contributed by atoms with Gasteiger partial charge in [0.1, 0.15) is 0 Å². The predicted octanol–water partition coefficient (Wildman–Crippen LogP) is 2.33. The third kappa shape index (κ3) is 3.68. The molecule has 0 aromatic heterocycles. The highest BCUT2D eigenvalue weighted by atomic mass is 16.6. The lowest BCUT2D eigenvalue weighted by Crippen LogP contribution is -2.04. The van der Waals surface area contributed by atoms with Gasteiger partial charge in [-0.1, -0.05) is 6.07 Å². The summed E-state index contributed by atoms with van der Waals surface area (Å²) in [6, 6.07) is 4.98. The maximum Gasteiger partial charge on any atom is 0.363 e. The maximum atomic E-state index is 11.5. The van der Waals surface area contributed by atoms with Crippen LogP contribution in [0.4, 0.5) is 0 Å². The van der Waals surface area contributed by atoms with E-state index < -0.39 is 11.9 Å². The zero-order valence-corrected chi connectivity index (χ0v) is 12.0. The Hall–Kier alpha value is -2.63. The number of hydrogen-bond acceptors (Lipinski definition) is 6. The molecule has 6 heteroatoms. The molecule has 0 N–H and O–H groups in total. The van der Waals surface area contributed by atoms with Crippen LogP contribution in [0.5, 0.6) is 11.5 Å². The van der Waals surface area contributed by atoms with E-state index in [0.717, 1.165) is 0 Å². The molecule has 0 radical (unpaired) electrons. The van der Waals surface area contributed by atoms with Gasteiger partial charge < -0.3 is 14.2 Å². The maximum absolute atomic E-state index is 11.5. The number of benzene rings is 1. The topological polar surface area (TPSA) is 74.2 Å². The number of ether oxygens (including phenoxy) is 3. The summed E-state index contributed by atoms with van der Waals surface area (Å²) in [6.45, 7) is 5.17. The van der Waals surface area contributed by atoms with E-state index in [4.69, 9.17) is 14.2 Å². The Morgan fingerprint density at radius 3 is 2.71 bits per heavy atom. The van der Waals surface area contributed by atoms with E-state index in [2.05, 4.69) is 4.99 Å². The molecule has 1 heterocycles. The van der Waals surface area contributed by atoms with Gasteiger partial charge in [-0.15, -0.1) is 0 Å². The molecule has 1 aliphatic heterocycles. The fourth-order valence-electron chi connectivity index (χ4n) is 1.80. The quantitative estimate of drug-likeness (QED) is 0.483. The van der Waals surface area contributed by atoms with Gasteiger partial charge in [-0.25, -0.2) is 9.79 Å². The molecule has 0 spiro atoms. The second kappa shape index (κ2) is 6.21. The Bertz CT molecular complexity index is 645. The first-order valence-corrected chi connectivity index (χ1v) is 6.44. The van der Waals surface area contributed by atoms with Gasteiger partial charge in [0.05, 0.1) is 6.61 Å². The van der Waals surface area contributed by atoms with Gasteiger partial charge in [-0.05, 0) is 30.7 Å². The van der Waals surface area contributed by atoms with Crippen LogP contribution in [0.15, 0.2) is 28.9 Å². The lowest BCUT2D eigenvalue weighted by atomic mass is 10.1. The minimum absolute atomic E-state index is 0.218. The summed E-state index contributed by atoms with van der Waals surface area (Å²) in [7, 11) is 0. The molecule has 1 aliphatic rings. The Morgan fingerprint density at radius 1 is 1.38 bits per heavy atom. The van der Waals surface area contributed by atoms with Crippen molar-refractivity contribution in [2.75, 3.05) is 6.61 Å². The van der Waals surface area contributed by atoms with Crippen molar-refractivity contribution < 1.29 is 23.8 Å². The van der Waals surface area contributed by atoms with E-state index in [0.29, 0.717) is 29.6 Å². The molecule has 110 valence electrons. The molecule has 1 aromatic carbocycles. The third-order valence-electron chi connectivity index (χ3n) is 2.55. The number of nitrogens with zero attached hydrogens (tertiary/aromatic N) is 1. The SMILES string of the molecule is CCOc1cc(C=C2N=C(C)OC2=O)ccc1OC(C)=O. The number of carbonyl (C=O) groups excluding carboxylic acids is 2. The van der Waals surface area contributed by atoms with Crippen LogP contribution in [-0.4, -0.2) is 24.4 Å². The Kier molecular flexibility index (Phi) is 4.37. The molecule has 0 saturated heterocycles. The summed E-state index contributed by atoms with van der Waals surface area (Å²) >= 11 is 0. The van der Waals surface area contributed by atoms with Crippen molar-refractivity contribution in [3.63, 3.8) is 0 Å². The van der Waals surface area contributed by atoms with E-state index in [1.165, 1.54) is 6.92 Å². The minimum Gasteiger partial charge on any atom is -0.490 e. The van der Waals surface area contributed by atoms with Gasteiger partial charge in [0.25, 0.3) is 0 Å². The molecule has 0 bridgehead atoms. The van der Waals surface area contributed by atoms with Crippen molar-refractivity contribution >= 4 is 23.9 Å². The van der Waals surface area contributed by atoms with Crippen molar-refractivity contribution in [1.29, 1.82) is 0 Å². The number of aliphatic imine (C=N–C) groups is 1. The van der Waals surface area contributed by atoms with Crippen LogP contribution >= 0.6 is 0 Å². The van der Waals surface area contributed by atoms with Gasteiger partial charge in [0.2, 0.25) is 0 Å². The zero-order valence-electron chi connectivity index (χ0n) is 12.0. The molecule has 0 amide bonds. The molecular formula is C15H15NO5. The zero-order chi connectivity index (χ0) is 15.4. The van der Waals surface area contributed by atoms with E-state index in [-0.39, 0.29) is 5.70 Å². The summed E-state index contributed by atoms with van der Waals surface area (Å²) < 4.78 is 15.3. The molecule has 0 atom stereocenters. The Balaban J connectivity index is 2.33. The number of rotatable bonds is 4. The van der Waals surface area contributed by atoms with Gasteiger partial charge in [-0.2, -0.15) is 0 Å². The fraction of sp³-hybridized carbons (Fsp3) is 0.267. The summed E-state index contributed by atoms with van der Waals surface area (Å²) in [6.07, 6.45) is 1.58. The lowest BCUT2D eigenvalue weighted by Gasteiger charge is -2.10. The molecule has 21 heavy (non-hydrogen) atoms. The van der Waals surface area contributed by atoms with Crippen LogP contribution in [-0.2, 0) is 14.3 Å². The minimum atomic E-state index is -0.491. The van der Waals surface area contributed by atoms with Crippen LogP contribution in [0.25, 0.3) is 6.08 Å². The summed E-state index contributed by atoms with van der Waals surface area (Å²) in [5.74, 6) is 0.151. The van der Waals surface area contributed by atoms with Gasteiger partial charge in [0.15, 0.2) is 23.1 Å². The van der Waals surface area contributed by atoms with Crippen molar-refractivity contribution in [1.82, 2.24) is 0 Å². The first-order chi connectivity index (χ1) is 9.99. The van der Waals surface area contributed by atoms with Crippen molar-refractivity contribution in [3.05, 3.63) is 29.5 Å². The van der Waals surface area contributed by atoms with Crippen LogP contribution in [0, 0.1) is 0 Å². The lowest BCUT2D eigenvalue weighted by molar-refractivity contribution is -0.132. The standard InChI is InChI=1S/C15H15NO5/c1-4-19-14-8-11(5-6-13(14)21-10(3)17)7-12-15(18)20-9(2)16-12/h5-8H,4H2,1-3H3. The van der Waals surface area contributed by atoms with Gasteiger partial charge in [0, 0.05) is 13.8 Å². The Morgan fingerprint density at radius 2 is 2.14 bits per heavy atom. The average molecular weight is 289 g/mol. The van der Waals surface area contributed by atoms with Crippen LogP contribution in [0.2, 0.25) is 0 Å². The largest absolute Gasteiger partial charge is 0.490 e. The van der Waals surface area contributed by atoms with Crippen LogP contribution in [0.3, 0.4) is 0 Å². The molecule has 1 aromatic rings. The molecule has 0 aliphatic carbocycles. The van der Waals surface area contributed by atoms with Crippen molar-refractivity contribution in [2.45, 2.75) is 20.8 Å². The first-order valence-electron chi connectivity index (χ1n) is 6.44. The van der Waals surface area contributed by atoms with E-state index in [9.17, 15) is 9.59 Å².